The van der Waals surface area contributed by atoms with Crippen LogP contribution in [0.1, 0.15) is 446 Å². The molecule has 0 radical (unpaired) electrons. The Balaban J connectivity index is 0.000000155. The van der Waals surface area contributed by atoms with Gasteiger partial charge in [-0.25, -0.2) is 0 Å². The van der Waals surface area contributed by atoms with Crippen LogP contribution in [0.2, 0.25) is 0 Å². The molecule has 576 valence electrons. The summed E-state index contributed by atoms with van der Waals surface area (Å²) in [6.45, 7) is 75.2. The second-order valence-electron chi connectivity index (χ2n) is 47.5. The Labute approximate surface area is 619 Å². The first-order chi connectivity index (χ1) is 45.1. The average molecular weight is 1360 g/mol. The minimum atomic E-state index is 0.526. The van der Waals surface area contributed by atoms with Gasteiger partial charge < -0.3 is 0 Å². The lowest BCUT2D eigenvalue weighted by Gasteiger charge is -2.56. The molecule has 0 nitrogen and oxygen atoms in total. The molecule has 20 fully saturated rings. The maximum absolute atomic E-state index is 2.49. The molecule has 1 unspecified atom stereocenters. The molecule has 20 aliphatic rings. The van der Waals surface area contributed by atoms with Crippen molar-refractivity contribution in [1.82, 2.24) is 0 Å². The van der Waals surface area contributed by atoms with Crippen molar-refractivity contribution >= 4 is 0 Å². The summed E-state index contributed by atoms with van der Waals surface area (Å²) in [6.07, 6.45) is 53.9. The highest BCUT2D eigenvalue weighted by molar-refractivity contribution is 5.04. The van der Waals surface area contributed by atoms with E-state index in [1.807, 2.05) is 0 Å². The van der Waals surface area contributed by atoms with E-state index in [1.54, 1.807) is 70.6 Å². The Bertz CT molecular complexity index is 2230. The molecule has 0 heterocycles. The maximum atomic E-state index is 2.49. The van der Waals surface area contributed by atoms with Gasteiger partial charge in [0.05, 0.1) is 0 Å². The first-order valence-corrected chi connectivity index (χ1v) is 45.1. The predicted octanol–water partition coefficient (Wildman–Crippen LogP) is 32.3. The number of fused-ring (bicyclic) bond motifs is 12. The highest BCUT2D eigenvalue weighted by atomic mass is 14.6. The van der Waals surface area contributed by atoms with Crippen molar-refractivity contribution in [2.45, 2.75) is 446 Å². The molecular weight excluding hydrogens is 1180 g/mol. The van der Waals surface area contributed by atoms with Crippen molar-refractivity contribution in [3.8, 4) is 0 Å². The molecule has 0 heteroatoms. The van der Waals surface area contributed by atoms with E-state index >= 15 is 0 Å². The molecule has 0 aliphatic heterocycles. The van der Waals surface area contributed by atoms with Crippen LogP contribution in [-0.4, -0.2) is 0 Å². The summed E-state index contributed by atoms with van der Waals surface area (Å²) in [7, 11) is 0. The van der Waals surface area contributed by atoms with Gasteiger partial charge in [-0.3, -0.25) is 0 Å². The molecule has 0 spiro atoms. The van der Waals surface area contributed by atoms with Crippen LogP contribution >= 0.6 is 0 Å². The third-order valence-corrected chi connectivity index (χ3v) is 37.2. The Hall–Kier alpha value is 0. The molecule has 20 rings (SSSR count). The summed E-state index contributed by atoms with van der Waals surface area (Å²) in [5.74, 6) is 19.9. The smallest absolute Gasteiger partial charge is 0.0288 e. The molecule has 0 aromatic carbocycles. The van der Waals surface area contributed by atoms with Crippen LogP contribution in [0.3, 0.4) is 0 Å². The Kier molecular flexibility index (Phi) is 28.6. The van der Waals surface area contributed by atoms with E-state index in [-0.39, 0.29) is 0 Å². The molecule has 12 bridgehead atoms. The van der Waals surface area contributed by atoms with Crippen LogP contribution in [0.25, 0.3) is 0 Å². The highest BCUT2D eigenvalue weighted by Crippen LogP contribution is 2.64. The van der Waals surface area contributed by atoms with Gasteiger partial charge in [-0.2, -0.15) is 0 Å². The maximum Gasteiger partial charge on any atom is -0.0288 e. The summed E-state index contributed by atoms with van der Waals surface area (Å²) in [4.78, 5) is 0. The van der Waals surface area contributed by atoms with Crippen molar-refractivity contribution in [2.75, 3.05) is 0 Å². The lowest BCUT2D eigenvalue weighted by Crippen LogP contribution is -2.45. The topological polar surface area (TPSA) is 0 Å². The average Bonchev–Trinajstić information content (AvgIpc) is 1.11. The first-order valence-electron chi connectivity index (χ1n) is 45.1. The van der Waals surface area contributed by atoms with Crippen molar-refractivity contribution in [3.05, 3.63) is 0 Å². The van der Waals surface area contributed by atoms with Crippen LogP contribution in [0.15, 0.2) is 0 Å². The molecule has 20 aliphatic carbocycles. The second kappa shape index (κ2) is 32.8. The summed E-state index contributed by atoms with van der Waals surface area (Å²) >= 11 is 0. The summed E-state index contributed by atoms with van der Waals surface area (Å²) in [6, 6.07) is 0. The van der Waals surface area contributed by atoms with E-state index in [1.165, 1.54) is 161 Å². The van der Waals surface area contributed by atoms with Crippen molar-refractivity contribution in [3.63, 3.8) is 0 Å². The molecule has 98 heavy (non-hydrogen) atoms. The van der Waals surface area contributed by atoms with Gasteiger partial charge in [0.25, 0.3) is 0 Å². The lowest BCUT2D eigenvalue weighted by atomic mass is 9.49. The zero-order valence-electron chi connectivity index (χ0n) is 73.4. The van der Waals surface area contributed by atoms with Crippen LogP contribution in [0.5, 0.6) is 0 Å². The number of hydrogen-bond donors (Lipinski definition) is 0. The lowest BCUT2D eigenvalue weighted by molar-refractivity contribution is -0.0545. The van der Waals surface area contributed by atoms with Crippen molar-refractivity contribution in [1.29, 1.82) is 0 Å². The Morgan fingerprint density at radius 3 is 0.959 bits per heavy atom. The van der Waals surface area contributed by atoms with E-state index in [0.29, 0.717) is 54.1 Å². The molecule has 0 aromatic rings. The Morgan fingerprint density at radius 1 is 0.347 bits per heavy atom. The van der Waals surface area contributed by atoms with E-state index < -0.39 is 0 Å². The van der Waals surface area contributed by atoms with Gasteiger partial charge >= 0.3 is 0 Å². The minimum absolute atomic E-state index is 0.526. The van der Waals surface area contributed by atoms with Gasteiger partial charge in [0.1, 0.15) is 0 Å². The van der Waals surface area contributed by atoms with Gasteiger partial charge in [-0.15, -0.1) is 0 Å². The molecule has 0 saturated heterocycles. The van der Waals surface area contributed by atoms with Gasteiger partial charge in [0.2, 0.25) is 0 Å². The normalized spacial score (nSPS) is 41.4. The fraction of sp³-hybridized carbons (Fsp3) is 1.00. The largest absolute Gasteiger partial charge is 0.0651 e. The monoisotopic (exact) mass is 1360 g/mol. The second-order valence-corrected chi connectivity index (χ2v) is 47.5. The minimum Gasteiger partial charge on any atom is -0.0651 e. The summed E-state index contributed by atoms with van der Waals surface area (Å²) in [5, 5.41) is 0. The zero-order chi connectivity index (χ0) is 73.4. The standard InChI is InChI=1S/C12H20.2C12H24.C11H20.2C11H22.2C10H18.C9H16/c1-2-12-6-9-3-10(7-12)5-11(4-9)8-12;1-9(2)10-11(3,4)7-8-12(10,5)6;1-7-12(6)8-10(2,3)11(4,5)9-12;1-8-9-4-6-10(7-5-9)11(8,2)3;1-6-9-7-10(2,3)11(4,5)8-9;1-6-9-10(2,3)7-8-11(9,4)5;1-8-7-9-3-5-10(8,2)6-4-9;1-7-8(2)10-5-3-9(7)4-6-10;1-7-6-8-2-4-9(7)5-3-8/h9-11H,2-8H2,1H3;9-10H,7-8H2,1-6H3;7-9H2,1-6H3;8-10H,4-7H2,1-3H3;2*9H,6-8H2,1-5H3;8-9H,3-7H2,1-2H3;7-10H,3-6H2,1-2H3;7-9H,2-6H2,1H3/t;;;8-,9?,10?;;;8-,9?,10?;7-,8?,9?,10?;7-,8?,9?/m...1..000/s1. The van der Waals surface area contributed by atoms with Crippen LogP contribution in [0.4, 0.5) is 0 Å². The molecule has 20 saturated carbocycles. The van der Waals surface area contributed by atoms with Gasteiger partial charge in [0, 0.05) is 0 Å². The fourth-order valence-electron chi connectivity index (χ4n) is 28.9. The molecule has 0 amide bonds. The SMILES string of the molecule is CC(C)C1C(C)(C)CCC1(C)C.CC1C2CCC(CC2)[C@H]1C.CCC1(C)CC(C)(C)C(C)(C)C1.CCC12CC3CC(CC(C3)C1)C2.CCC1C(C)(C)CCC1(C)C.CCC1CC(C)(C)C(C)(C)C1.C[C@@H]1C2CCC(CC2)C1(C)C.C[C@H]1CC2CCC1(C)CC2.C[C@H]1CC2CCC1CC2. The highest BCUT2D eigenvalue weighted by Gasteiger charge is 2.54. The van der Waals surface area contributed by atoms with E-state index in [2.05, 4.69) is 215 Å². The van der Waals surface area contributed by atoms with Gasteiger partial charge in [0.15, 0.2) is 0 Å². The number of hydrogen-bond acceptors (Lipinski definition) is 0. The van der Waals surface area contributed by atoms with E-state index in [9.17, 15) is 0 Å². The molecule has 0 aromatic heterocycles. The first kappa shape index (κ1) is 85.3. The van der Waals surface area contributed by atoms with Gasteiger partial charge in [-0.1, -0.05) is 253 Å². The summed E-state index contributed by atoms with van der Waals surface area (Å²) < 4.78 is 0. The third-order valence-electron chi connectivity index (χ3n) is 37.2. The van der Waals surface area contributed by atoms with E-state index in [4.69, 9.17) is 0 Å². The van der Waals surface area contributed by atoms with Crippen LogP contribution < -0.4 is 0 Å². The quantitative estimate of drug-likeness (QED) is 0.257. The van der Waals surface area contributed by atoms with Gasteiger partial charge in [-0.05, 0) is 370 Å². The zero-order valence-corrected chi connectivity index (χ0v) is 73.4. The van der Waals surface area contributed by atoms with Crippen molar-refractivity contribution < 1.29 is 0 Å². The predicted molar refractivity (Wildman–Crippen MR) is 438 cm³/mol. The molecule has 5 atom stereocenters. The molecular formula is C98H184. The van der Waals surface area contributed by atoms with Crippen LogP contribution in [0, 0.1) is 177 Å². The van der Waals surface area contributed by atoms with Crippen molar-refractivity contribution in [2.24, 2.45) is 177 Å². The van der Waals surface area contributed by atoms with Crippen LogP contribution in [-0.2, 0) is 0 Å². The Morgan fingerprint density at radius 2 is 0.735 bits per heavy atom. The number of rotatable bonds is 5. The summed E-state index contributed by atoms with van der Waals surface area (Å²) in [5.41, 5.74) is 7.35. The third kappa shape index (κ3) is 20.2. The van der Waals surface area contributed by atoms with E-state index in [0.717, 1.165) is 123 Å². The fourth-order valence-corrected chi connectivity index (χ4v) is 28.9. The molecule has 0 N–H and O–H groups in total.